The maximum Gasteiger partial charge on any atom is 0.262 e. The van der Waals surface area contributed by atoms with Gasteiger partial charge in [0, 0.05) is 18.7 Å². The molecule has 3 rings (SSSR count). The van der Waals surface area contributed by atoms with Crippen molar-refractivity contribution in [3.05, 3.63) is 44.0 Å². The highest BCUT2D eigenvalue weighted by atomic mass is 79.9. The highest BCUT2D eigenvalue weighted by molar-refractivity contribution is 9.11. The molecule has 1 aromatic heterocycles. The highest BCUT2D eigenvalue weighted by Gasteiger charge is 2.20. The third kappa shape index (κ3) is 5.03. The minimum Gasteiger partial charge on any atom is -0.340 e. The Labute approximate surface area is 179 Å². The van der Waals surface area contributed by atoms with E-state index in [1.165, 1.54) is 11.3 Å². The molecule has 3 amide bonds. The van der Waals surface area contributed by atoms with Crippen molar-refractivity contribution in [3.8, 4) is 0 Å². The van der Waals surface area contributed by atoms with Crippen LogP contribution < -0.4 is 21.1 Å². The molecular weight excluding hydrogens is 468 g/mol. The van der Waals surface area contributed by atoms with Crippen LogP contribution in [0, 0.1) is 0 Å². The average Bonchev–Trinajstić information content (AvgIpc) is 3.08. The molecule has 2 aromatic rings. The molecule has 2 heterocycles. The van der Waals surface area contributed by atoms with E-state index in [2.05, 4.69) is 32.0 Å². The Hall–Kier alpha value is -2.10. The van der Waals surface area contributed by atoms with E-state index in [0.717, 1.165) is 10.2 Å². The zero-order chi connectivity index (χ0) is 20.3. The monoisotopic (exact) mass is 484 g/mol. The maximum atomic E-state index is 12.4. The lowest BCUT2D eigenvalue weighted by Gasteiger charge is -2.30. The van der Waals surface area contributed by atoms with Gasteiger partial charge < -0.3 is 10.6 Å². The van der Waals surface area contributed by atoms with Crippen LogP contribution in [0.5, 0.6) is 0 Å². The smallest absolute Gasteiger partial charge is 0.262 e. The number of carbonyl (C=O) groups excluding carboxylic acids is 3. The zero-order valence-electron chi connectivity index (χ0n) is 14.9. The molecule has 10 heteroatoms. The van der Waals surface area contributed by atoms with E-state index in [-0.39, 0.29) is 17.7 Å². The zero-order valence-corrected chi connectivity index (χ0v) is 18.1. The number of halogens is 2. The summed E-state index contributed by atoms with van der Waals surface area (Å²) in [5, 5.41) is 7.49. The summed E-state index contributed by atoms with van der Waals surface area (Å²) in [7, 11) is 0. The van der Waals surface area contributed by atoms with Gasteiger partial charge in [0.25, 0.3) is 5.91 Å². The molecule has 28 heavy (non-hydrogen) atoms. The molecule has 0 radical (unpaired) electrons. The van der Waals surface area contributed by atoms with Gasteiger partial charge in [-0.2, -0.15) is 0 Å². The van der Waals surface area contributed by atoms with Crippen LogP contribution in [0.1, 0.15) is 29.4 Å². The van der Waals surface area contributed by atoms with Crippen LogP contribution in [-0.4, -0.2) is 30.3 Å². The number of thiophene rings is 1. The van der Waals surface area contributed by atoms with Gasteiger partial charge in [0.2, 0.25) is 11.8 Å². The van der Waals surface area contributed by atoms with Crippen molar-refractivity contribution in [1.29, 1.82) is 0 Å². The van der Waals surface area contributed by atoms with E-state index in [0.29, 0.717) is 34.2 Å². The molecule has 0 saturated carbocycles. The maximum absolute atomic E-state index is 12.4. The van der Waals surface area contributed by atoms with Crippen molar-refractivity contribution in [2.24, 2.45) is 0 Å². The summed E-state index contributed by atoms with van der Waals surface area (Å²) < 4.78 is 0.842. The van der Waals surface area contributed by atoms with Crippen LogP contribution in [0.2, 0.25) is 5.02 Å². The molecule has 0 aliphatic carbocycles. The van der Waals surface area contributed by atoms with Crippen LogP contribution in [-0.2, 0) is 9.59 Å². The van der Waals surface area contributed by atoms with Gasteiger partial charge in [0.05, 0.1) is 19.4 Å². The van der Waals surface area contributed by atoms with Gasteiger partial charge in [-0.1, -0.05) is 11.6 Å². The molecule has 148 valence electrons. The molecule has 1 aliphatic heterocycles. The Balaban J connectivity index is 1.61. The average molecular weight is 486 g/mol. The van der Waals surface area contributed by atoms with Crippen molar-refractivity contribution >= 4 is 68.0 Å². The standard InChI is InChI=1S/C18H18BrClN4O3S/c1-10(21-18(27)14-6-7-15(19)28-14)17(26)22-11-4-5-13(12(20)9-11)24-8-2-3-16(25)23-24/h4-7,9-10H,2-3,8H2,1H3,(H,21,27)(H,22,26)(H,23,25). The molecular formula is C18H18BrClN4O3S. The number of hydrogen-bond donors (Lipinski definition) is 3. The van der Waals surface area contributed by atoms with Gasteiger partial charge in [0.1, 0.15) is 6.04 Å². The number of anilines is 2. The molecule has 7 nitrogen and oxygen atoms in total. The molecule has 3 N–H and O–H groups in total. The fourth-order valence-electron chi connectivity index (χ4n) is 2.66. The normalized spacial score (nSPS) is 15.0. The largest absolute Gasteiger partial charge is 0.340 e. The molecule has 1 saturated heterocycles. The number of hydrogen-bond acceptors (Lipinski definition) is 5. The van der Waals surface area contributed by atoms with Crippen molar-refractivity contribution < 1.29 is 14.4 Å². The topological polar surface area (TPSA) is 90.5 Å². The Morgan fingerprint density at radius 3 is 2.75 bits per heavy atom. The van der Waals surface area contributed by atoms with Crippen LogP contribution in [0.4, 0.5) is 11.4 Å². The first kappa shape index (κ1) is 20.6. The first-order valence-corrected chi connectivity index (χ1v) is 10.6. The summed E-state index contributed by atoms with van der Waals surface area (Å²) in [5.41, 5.74) is 3.93. The SMILES string of the molecule is CC(NC(=O)c1ccc(Br)s1)C(=O)Nc1ccc(N2CCCC(=O)N2)c(Cl)c1. The number of hydrazine groups is 1. The summed E-state index contributed by atoms with van der Waals surface area (Å²) in [5.74, 6) is -0.728. The molecule has 1 aromatic carbocycles. The number of benzene rings is 1. The predicted octanol–water partition coefficient (Wildman–Crippen LogP) is 3.55. The van der Waals surface area contributed by atoms with Gasteiger partial charge in [-0.3, -0.25) is 24.8 Å². The quantitative estimate of drug-likeness (QED) is 0.604. The van der Waals surface area contributed by atoms with E-state index >= 15 is 0 Å². The summed E-state index contributed by atoms with van der Waals surface area (Å²) >= 11 is 10.9. The lowest BCUT2D eigenvalue weighted by Crippen LogP contribution is -2.47. The lowest BCUT2D eigenvalue weighted by atomic mass is 10.2. The number of rotatable bonds is 5. The second kappa shape index (κ2) is 8.93. The predicted molar refractivity (Wildman–Crippen MR) is 114 cm³/mol. The first-order chi connectivity index (χ1) is 13.3. The number of amides is 3. The van der Waals surface area contributed by atoms with E-state index in [1.807, 2.05) is 0 Å². The Morgan fingerprint density at radius 2 is 2.11 bits per heavy atom. The van der Waals surface area contributed by atoms with Crippen molar-refractivity contribution in [2.75, 3.05) is 16.9 Å². The summed E-state index contributed by atoms with van der Waals surface area (Å²) in [6.07, 6.45) is 1.24. The van der Waals surface area contributed by atoms with E-state index < -0.39 is 6.04 Å². The fourth-order valence-corrected chi connectivity index (χ4v) is 4.24. The van der Waals surface area contributed by atoms with Crippen LogP contribution in [0.25, 0.3) is 0 Å². The van der Waals surface area contributed by atoms with Gasteiger partial charge in [-0.25, -0.2) is 0 Å². The third-order valence-corrected chi connectivity index (χ3v) is 6.01. The Bertz CT molecular complexity index is 920. The number of nitrogens with one attached hydrogen (secondary N) is 3. The highest BCUT2D eigenvalue weighted by Crippen LogP contribution is 2.29. The summed E-state index contributed by atoms with van der Waals surface area (Å²) in [6.45, 7) is 2.27. The van der Waals surface area contributed by atoms with Crippen molar-refractivity contribution in [2.45, 2.75) is 25.8 Å². The minimum absolute atomic E-state index is 0.0537. The van der Waals surface area contributed by atoms with Gasteiger partial charge in [-0.05, 0) is 59.6 Å². The Morgan fingerprint density at radius 1 is 1.32 bits per heavy atom. The fraction of sp³-hybridized carbons (Fsp3) is 0.278. The molecule has 1 atom stereocenters. The number of nitrogens with zero attached hydrogens (tertiary/aromatic N) is 1. The molecule has 1 aliphatic rings. The second-order valence-corrected chi connectivity index (χ2v) is 9.11. The van der Waals surface area contributed by atoms with E-state index in [1.54, 1.807) is 42.3 Å². The first-order valence-electron chi connectivity index (χ1n) is 8.57. The van der Waals surface area contributed by atoms with Crippen LogP contribution >= 0.6 is 38.9 Å². The minimum atomic E-state index is -0.729. The van der Waals surface area contributed by atoms with Crippen molar-refractivity contribution in [3.63, 3.8) is 0 Å². The lowest BCUT2D eigenvalue weighted by molar-refractivity contribution is -0.122. The molecule has 0 bridgehead atoms. The number of carbonyl (C=O) groups is 3. The van der Waals surface area contributed by atoms with Gasteiger partial charge in [0.15, 0.2) is 0 Å². The van der Waals surface area contributed by atoms with Crippen molar-refractivity contribution in [1.82, 2.24) is 10.7 Å². The second-order valence-electron chi connectivity index (χ2n) is 6.24. The third-order valence-electron chi connectivity index (χ3n) is 4.09. The van der Waals surface area contributed by atoms with Gasteiger partial charge >= 0.3 is 0 Å². The Kier molecular flexibility index (Phi) is 6.58. The molecule has 1 fully saturated rings. The van der Waals surface area contributed by atoms with Crippen LogP contribution in [0.15, 0.2) is 34.1 Å². The molecule has 0 spiro atoms. The van der Waals surface area contributed by atoms with E-state index in [4.69, 9.17) is 11.6 Å². The van der Waals surface area contributed by atoms with Gasteiger partial charge in [-0.15, -0.1) is 11.3 Å². The summed E-state index contributed by atoms with van der Waals surface area (Å²) in [4.78, 5) is 36.6. The molecule has 1 unspecified atom stereocenters. The van der Waals surface area contributed by atoms with E-state index in [9.17, 15) is 14.4 Å². The summed E-state index contributed by atoms with van der Waals surface area (Å²) in [6, 6.07) is 7.78. The van der Waals surface area contributed by atoms with Crippen LogP contribution in [0.3, 0.4) is 0 Å².